The van der Waals surface area contributed by atoms with Crippen molar-refractivity contribution in [2.75, 3.05) is 6.54 Å². The molecule has 0 saturated carbocycles. The van der Waals surface area contributed by atoms with E-state index in [1.54, 1.807) is 0 Å². The van der Waals surface area contributed by atoms with Crippen LogP contribution in [0.4, 0.5) is 0 Å². The van der Waals surface area contributed by atoms with Gasteiger partial charge in [-0.05, 0) is 63.1 Å². The topological polar surface area (TPSA) is 43.8 Å². The molecule has 3 nitrogen and oxygen atoms in total. The van der Waals surface area contributed by atoms with Crippen molar-refractivity contribution in [3.8, 4) is 5.69 Å². The summed E-state index contributed by atoms with van der Waals surface area (Å²) in [5.74, 6) is 0. The zero-order valence-corrected chi connectivity index (χ0v) is 11.5. The Morgan fingerprint density at radius 1 is 1.22 bits per heavy atom. The maximum Gasteiger partial charge on any atom is 0.0649 e. The Morgan fingerprint density at radius 2 is 1.89 bits per heavy atom. The van der Waals surface area contributed by atoms with Crippen molar-refractivity contribution in [1.82, 2.24) is 9.78 Å². The quantitative estimate of drug-likeness (QED) is 0.921. The largest absolute Gasteiger partial charge is 0.330 e. The summed E-state index contributed by atoms with van der Waals surface area (Å²) in [5.41, 5.74) is 10.2. The zero-order valence-electron chi connectivity index (χ0n) is 10.8. The molecule has 0 saturated heterocycles. The summed E-state index contributed by atoms with van der Waals surface area (Å²) in [7, 11) is 0. The van der Waals surface area contributed by atoms with Gasteiger partial charge in [0, 0.05) is 10.7 Å². The van der Waals surface area contributed by atoms with Crippen LogP contribution >= 0.6 is 11.6 Å². The van der Waals surface area contributed by atoms with Gasteiger partial charge in [0.2, 0.25) is 0 Å². The second kappa shape index (κ2) is 5.55. The van der Waals surface area contributed by atoms with E-state index >= 15 is 0 Å². The minimum absolute atomic E-state index is 0.713. The molecule has 4 heteroatoms. The second-order valence-electron chi connectivity index (χ2n) is 4.43. The molecule has 96 valence electrons. The number of benzene rings is 1. The van der Waals surface area contributed by atoms with Gasteiger partial charge in [0.05, 0.1) is 11.4 Å². The molecule has 0 radical (unpaired) electrons. The van der Waals surface area contributed by atoms with Crippen molar-refractivity contribution in [3.63, 3.8) is 0 Å². The van der Waals surface area contributed by atoms with Crippen LogP contribution in [0.1, 0.15) is 23.4 Å². The van der Waals surface area contributed by atoms with Gasteiger partial charge in [0.25, 0.3) is 0 Å². The van der Waals surface area contributed by atoms with E-state index in [-0.39, 0.29) is 0 Å². The summed E-state index contributed by atoms with van der Waals surface area (Å²) < 4.78 is 1.97. The van der Waals surface area contributed by atoms with Crippen LogP contribution in [0.25, 0.3) is 5.69 Å². The van der Waals surface area contributed by atoms with Crippen molar-refractivity contribution in [2.24, 2.45) is 5.73 Å². The number of hydrogen-bond donors (Lipinski definition) is 1. The van der Waals surface area contributed by atoms with Crippen molar-refractivity contribution < 1.29 is 0 Å². The second-order valence-corrected chi connectivity index (χ2v) is 4.87. The lowest BCUT2D eigenvalue weighted by atomic mass is 10.1. The molecule has 0 spiro atoms. The van der Waals surface area contributed by atoms with Crippen molar-refractivity contribution in [3.05, 3.63) is 46.2 Å². The first-order valence-electron chi connectivity index (χ1n) is 6.14. The van der Waals surface area contributed by atoms with E-state index in [0.717, 1.165) is 29.2 Å². The Hall–Kier alpha value is -1.32. The lowest BCUT2D eigenvalue weighted by Gasteiger charge is -2.05. The van der Waals surface area contributed by atoms with Crippen LogP contribution in [0, 0.1) is 13.8 Å². The number of nitrogens with two attached hydrogens (primary N) is 1. The van der Waals surface area contributed by atoms with Crippen LogP contribution < -0.4 is 5.73 Å². The van der Waals surface area contributed by atoms with Gasteiger partial charge in [-0.1, -0.05) is 11.6 Å². The zero-order chi connectivity index (χ0) is 13.1. The van der Waals surface area contributed by atoms with E-state index in [1.807, 2.05) is 35.9 Å². The summed E-state index contributed by atoms with van der Waals surface area (Å²) in [6.07, 6.45) is 1.98. The minimum atomic E-state index is 0.713. The molecule has 2 aromatic rings. The normalized spacial score (nSPS) is 10.9. The van der Waals surface area contributed by atoms with Crippen molar-refractivity contribution >= 4 is 11.6 Å². The molecule has 2 N–H and O–H groups in total. The van der Waals surface area contributed by atoms with Crippen molar-refractivity contribution in [2.45, 2.75) is 26.7 Å². The number of nitrogens with zero attached hydrogens (tertiary/aromatic N) is 2. The van der Waals surface area contributed by atoms with Crippen LogP contribution in [0.2, 0.25) is 5.02 Å². The van der Waals surface area contributed by atoms with E-state index in [9.17, 15) is 0 Å². The van der Waals surface area contributed by atoms with E-state index in [2.05, 4.69) is 12.0 Å². The first kappa shape index (κ1) is 13.1. The molecule has 0 amide bonds. The molecule has 2 rings (SSSR count). The summed E-state index contributed by atoms with van der Waals surface area (Å²) in [5, 5.41) is 5.34. The minimum Gasteiger partial charge on any atom is -0.330 e. The molecule has 0 fully saturated rings. The molecular weight excluding hydrogens is 246 g/mol. The number of hydrogen-bond acceptors (Lipinski definition) is 2. The average molecular weight is 264 g/mol. The van der Waals surface area contributed by atoms with Gasteiger partial charge < -0.3 is 5.73 Å². The van der Waals surface area contributed by atoms with E-state index in [0.29, 0.717) is 6.54 Å². The lowest BCUT2D eigenvalue weighted by Crippen LogP contribution is -2.02. The first-order valence-corrected chi connectivity index (χ1v) is 6.52. The first-order chi connectivity index (χ1) is 8.63. The monoisotopic (exact) mass is 263 g/mol. The number of aromatic nitrogens is 2. The molecule has 0 bridgehead atoms. The van der Waals surface area contributed by atoms with Crippen LogP contribution in [0.5, 0.6) is 0 Å². The molecule has 1 aromatic carbocycles. The highest BCUT2D eigenvalue weighted by molar-refractivity contribution is 6.30. The van der Waals surface area contributed by atoms with Gasteiger partial charge in [0.1, 0.15) is 0 Å². The molecule has 0 aliphatic rings. The van der Waals surface area contributed by atoms with Gasteiger partial charge in [-0.25, -0.2) is 4.68 Å². The Balaban J connectivity index is 2.37. The van der Waals surface area contributed by atoms with Crippen LogP contribution in [0.15, 0.2) is 24.3 Å². The highest BCUT2D eigenvalue weighted by Crippen LogP contribution is 2.20. The highest BCUT2D eigenvalue weighted by atomic mass is 35.5. The van der Waals surface area contributed by atoms with E-state index < -0.39 is 0 Å². The predicted molar refractivity (Wildman–Crippen MR) is 75.4 cm³/mol. The van der Waals surface area contributed by atoms with Gasteiger partial charge in [-0.2, -0.15) is 5.10 Å². The van der Waals surface area contributed by atoms with Crippen LogP contribution in [-0.2, 0) is 6.42 Å². The highest BCUT2D eigenvalue weighted by Gasteiger charge is 2.11. The van der Waals surface area contributed by atoms with Gasteiger partial charge in [0.15, 0.2) is 0 Å². The summed E-state index contributed by atoms with van der Waals surface area (Å²) >= 11 is 5.90. The molecule has 0 atom stereocenters. The van der Waals surface area contributed by atoms with Crippen LogP contribution in [0.3, 0.4) is 0 Å². The molecule has 18 heavy (non-hydrogen) atoms. The Bertz CT molecular complexity index is 529. The molecular formula is C14H18ClN3. The molecule has 1 aromatic heterocycles. The standard InChI is InChI=1S/C14H18ClN3/c1-10-14(4-3-9-16)11(2)18(17-10)13-7-5-12(15)6-8-13/h5-8H,3-4,9,16H2,1-2H3. The predicted octanol–water partition coefficient (Wildman–Crippen LogP) is 3.03. The third-order valence-corrected chi connectivity index (χ3v) is 3.40. The lowest BCUT2D eigenvalue weighted by molar-refractivity contribution is 0.815. The number of aryl methyl sites for hydroxylation is 1. The Kier molecular flexibility index (Phi) is 4.04. The average Bonchev–Trinajstić information content (AvgIpc) is 2.64. The third kappa shape index (κ3) is 2.57. The molecule has 1 heterocycles. The van der Waals surface area contributed by atoms with Crippen molar-refractivity contribution in [1.29, 1.82) is 0 Å². The smallest absolute Gasteiger partial charge is 0.0649 e. The molecule has 0 unspecified atom stereocenters. The summed E-state index contributed by atoms with van der Waals surface area (Å²) in [4.78, 5) is 0. The van der Waals surface area contributed by atoms with E-state index in [4.69, 9.17) is 17.3 Å². The SMILES string of the molecule is Cc1nn(-c2ccc(Cl)cc2)c(C)c1CCCN. The fourth-order valence-electron chi connectivity index (χ4n) is 2.15. The third-order valence-electron chi connectivity index (χ3n) is 3.14. The Morgan fingerprint density at radius 3 is 2.50 bits per heavy atom. The van der Waals surface area contributed by atoms with Gasteiger partial charge in [-0.15, -0.1) is 0 Å². The maximum absolute atomic E-state index is 5.90. The number of rotatable bonds is 4. The molecule has 0 aliphatic carbocycles. The summed E-state index contributed by atoms with van der Waals surface area (Å²) in [6, 6.07) is 7.72. The van der Waals surface area contributed by atoms with Crippen LogP contribution in [-0.4, -0.2) is 16.3 Å². The Labute approximate surface area is 113 Å². The number of halogens is 1. The van der Waals surface area contributed by atoms with Gasteiger partial charge >= 0.3 is 0 Å². The van der Waals surface area contributed by atoms with E-state index in [1.165, 1.54) is 11.3 Å². The maximum atomic E-state index is 5.90. The fraction of sp³-hybridized carbons (Fsp3) is 0.357. The summed E-state index contributed by atoms with van der Waals surface area (Å²) in [6.45, 7) is 4.86. The fourth-order valence-corrected chi connectivity index (χ4v) is 2.28. The van der Waals surface area contributed by atoms with Gasteiger partial charge in [-0.3, -0.25) is 0 Å². The molecule has 0 aliphatic heterocycles.